The Kier molecular flexibility index (Phi) is 4.34. The predicted molar refractivity (Wildman–Crippen MR) is 63.9 cm³/mol. The highest BCUT2D eigenvalue weighted by Gasteiger charge is 2.46. The highest BCUT2D eigenvalue weighted by atomic mass is 16.4. The third-order valence-electron chi connectivity index (χ3n) is 3.36. The second kappa shape index (κ2) is 5.35. The van der Waals surface area contributed by atoms with Crippen molar-refractivity contribution < 1.29 is 14.7 Å². The predicted octanol–water partition coefficient (Wildman–Crippen LogP) is 0.197. The Labute approximate surface area is 102 Å². The van der Waals surface area contributed by atoms with Crippen LogP contribution in [-0.2, 0) is 4.79 Å². The Morgan fingerprint density at radius 3 is 2.71 bits per heavy atom. The monoisotopic (exact) mass is 243 g/mol. The summed E-state index contributed by atoms with van der Waals surface area (Å²) in [4.78, 5) is 26.4. The number of hydrogen-bond donors (Lipinski definition) is 2. The van der Waals surface area contributed by atoms with Crippen LogP contribution in [0, 0.1) is 0 Å². The van der Waals surface area contributed by atoms with E-state index in [9.17, 15) is 14.7 Å². The standard InChI is InChI=1S/C11H21N3O3/c1-11(9(15)16)5-4-7-14(11)10(17)13(3)8-6-12-2/h12H,4-8H2,1-3H3,(H,15,16). The van der Waals surface area contributed by atoms with Crippen molar-refractivity contribution in [2.75, 3.05) is 33.7 Å². The normalized spacial score (nSPS) is 23.8. The van der Waals surface area contributed by atoms with Gasteiger partial charge in [-0.15, -0.1) is 0 Å². The van der Waals surface area contributed by atoms with Crippen molar-refractivity contribution in [1.82, 2.24) is 15.1 Å². The van der Waals surface area contributed by atoms with E-state index in [4.69, 9.17) is 0 Å². The first-order valence-electron chi connectivity index (χ1n) is 5.84. The molecule has 2 N–H and O–H groups in total. The summed E-state index contributed by atoms with van der Waals surface area (Å²) < 4.78 is 0. The van der Waals surface area contributed by atoms with Crippen LogP contribution in [-0.4, -0.2) is 66.2 Å². The van der Waals surface area contributed by atoms with Crippen molar-refractivity contribution in [1.29, 1.82) is 0 Å². The van der Waals surface area contributed by atoms with Gasteiger partial charge in [0.15, 0.2) is 0 Å². The lowest BCUT2D eigenvalue weighted by Crippen LogP contribution is -2.54. The molecule has 98 valence electrons. The van der Waals surface area contributed by atoms with Crippen LogP contribution in [0.4, 0.5) is 4.79 Å². The summed E-state index contributed by atoms with van der Waals surface area (Å²) >= 11 is 0. The van der Waals surface area contributed by atoms with Gasteiger partial charge < -0.3 is 20.2 Å². The van der Waals surface area contributed by atoms with Crippen molar-refractivity contribution >= 4 is 12.0 Å². The molecule has 1 saturated heterocycles. The second-order valence-corrected chi connectivity index (χ2v) is 4.64. The van der Waals surface area contributed by atoms with Crippen molar-refractivity contribution in [3.63, 3.8) is 0 Å². The lowest BCUT2D eigenvalue weighted by molar-refractivity contribution is -0.147. The number of urea groups is 1. The highest BCUT2D eigenvalue weighted by Crippen LogP contribution is 2.29. The van der Waals surface area contributed by atoms with Crippen LogP contribution in [0.15, 0.2) is 0 Å². The molecule has 1 aliphatic rings. The summed E-state index contributed by atoms with van der Waals surface area (Å²) in [5.74, 6) is -0.926. The van der Waals surface area contributed by atoms with Crippen molar-refractivity contribution in [2.24, 2.45) is 0 Å². The molecule has 0 aromatic heterocycles. The minimum absolute atomic E-state index is 0.206. The smallest absolute Gasteiger partial charge is 0.329 e. The molecule has 6 heteroatoms. The Balaban J connectivity index is 2.71. The van der Waals surface area contributed by atoms with Crippen molar-refractivity contribution in [3.8, 4) is 0 Å². The first-order chi connectivity index (χ1) is 7.93. The van der Waals surface area contributed by atoms with Crippen LogP contribution < -0.4 is 5.32 Å². The third kappa shape index (κ3) is 2.69. The van der Waals surface area contributed by atoms with E-state index in [1.54, 1.807) is 18.9 Å². The summed E-state index contributed by atoms with van der Waals surface area (Å²) in [6.07, 6.45) is 1.27. The van der Waals surface area contributed by atoms with Crippen molar-refractivity contribution in [3.05, 3.63) is 0 Å². The molecule has 0 aromatic rings. The molecule has 6 nitrogen and oxygen atoms in total. The number of amides is 2. The maximum Gasteiger partial charge on any atom is 0.329 e. The molecule has 0 saturated carbocycles. The number of nitrogens with zero attached hydrogens (tertiary/aromatic N) is 2. The Bertz CT molecular complexity index is 308. The van der Waals surface area contributed by atoms with Gasteiger partial charge in [0.2, 0.25) is 0 Å². The van der Waals surface area contributed by atoms with E-state index in [2.05, 4.69) is 5.32 Å². The van der Waals surface area contributed by atoms with E-state index in [0.717, 1.165) is 6.42 Å². The number of aliphatic carboxylic acids is 1. The van der Waals surface area contributed by atoms with Gasteiger partial charge in [-0.05, 0) is 26.8 Å². The average Bonchev–Trinajstić information content (AvgIpc) is 2.68. The number of rotatable bonds is 4. The van der Waals surface area contributed by atoms with Crippen LogP contribution in [0.2, 0.25) is 0 Å². The van der Waals surface area contributed by atoms with Gasteiger partial charge in [-0.1, -0.05) is 0 Å². The number of nitrogens with one attached hydrogen (secondary N) is 1. The van der Waals surface area contributed by atoms with E-state index >= 15 is 0 Å². The topological polar surface area (TPSA) is 72.9 Å². The molecule has 1 unspecified atom stereocenters. The Hall–Kier alpha value is -1.30. The molecular weight excluding hydrogens is 222 g/mol. The fourth-order valence-corrected chi connectivity index (χ4v) is 2.07. The number of likely N-dealkylation sites (tertiary alicyclic amines) is 1. The number of carboxylic acid groups (broad SMARTS) is 1. The van der Waals surface area contributed by atoms with E-state index in [0.29, 0.717) is 26.1 Å². The van der Waals surface area contributed by atoms with Gasteiger partial charge in [0.25, 0.3) is 0 Å². The molecule has 1 heterocycles. The summed E-state index contributed by atoms with van der Waals surface area (Å²) in [5, 5.41) is 12.2. The van der Waals surface area contributed by atoms with Gasteiger partial charge in [-0.25, -0.2) is 9.59 Å². The maximum absolute atomic E-state index is 12.1. The Morgan fingerprint density at radius 1 is 1.53 bits per heavy atom. The summed E-state index contributed by atoms with van der Waals surface area (Å²) in [6.45, 7) is 3.40. The first kappa shape index (κ1) is 13.8. The zero-order chi connectivity index (χ0) is 13.1. The molecule has 0 spiro atoms. The highest BCUT2D eigenvalue weighted by molar-refractivity contribution is 5.86. The molecule has 2 amide bonds. The van der Waals surface area contributed by atoms with Gasteiger partial charge in [0.05, 0.1) is 0 Å². The lowest BCUT2D eigenvalue weighted by atomic mass is 10.00. The van der Waals surface area contributed by atoms with Gasteiger partial charge in [0, 0.05) is 26.7 Å². The van der Waals surface area contributed by atoms with Gasteiger partial charge in [-0.3, -0.25) is 0 Å². The van der Waals surface area contributed by atoms with Gasteiger partial charge in [0.1, 0.15) is 5.54 Å². The second-order valence-electron chi connectivity index (χ2n) is 4.64. The van der Waals surface area contributed by atoms with Crippen molar-refractivity contribution in [2.45, 2.75) is 25.3 Å². The largest absolute Gasteiger partial charge is 0.480 e. The quantitative estimate of drug-likeness (QED) is 0.739. The third-order valence-corrected chi connectivity index (χ3v) is 3.36. The average molecular weight is 243 g/mol. The van der Waals surface area contributed by atoms with E-state index < -0.39 is 11.5 Å². The zero-order valence-corrected chi connectivity index (χ0v) is 10.7. The number of carboxylic acids is 1. The zero-order valence-electron chi connectivity index (χ0n) is 10.7. The molecule has 0 aliphatic carbocycles. The number of hydrogen-bond acceptors (Lipinski definition) is 3. The molecule has 0 aromatic carbocycles. The molecule has 17 heavy (non-hydrogen) atoms. The minimum atomic E-state index is -1.05. The van der Waals surface area contributed by atoms with E-state index in [1.165, 1.54) is 4.90 Å². The maximum atomic E-state index is 12.1. The number of carbonyl (C=O) groups is 2. The van der Waals surface area contributed by atoms with Crippen LogP contribution in [0.25, 0.3) is 0 Å². The fraction of sp³-hybridized carbons (Fsp3) is 0.818. The number of likely N-dealkylation sites (N-methyl/N-ethyl adjacent to an activating group) is 2. The van der Waals surface area contributed by atoms with Crippen LogP contribution in [0.1, 0.15) is 19.8 Å². The van der Waals surface area contributed by atoms with Crippen LogP contribution in [0.5, 0.6) is 0 Å². The molecule has 0 radical (unpaired) electrons. The first-order valence-corrected chi connectivity index (χ1v) is 5.84. The molecular formula is C11H21N3O3. The molecule has 0 bridgehead atoms. The molecule has 1 fully saturated rings. The molecule has 1 atom stereocenters. The lowest BCUT2D eigenvalue weighted by Gasteiger charge is -2.34. The van der Waals surface area contributed by atoms with E-state index in [-0.39, 0.29) is 6.03 Å². The van der Waals surface area contributed by atoms with Gasteiger partial charge in [-0.2, -0.15) is 0 Å². The van der Waals surface area contributed by atoms with Gasteiger partial charge >= 0.3 is 12.0 Å². The minimum Gasteiger partial charge on any atom is -0.480 e. The van der Waals surface area contributed by atoms with Crippen LogP contribution in [0.3, 0.4) is 0 Å². The SMILES string of the molecule is CNCCN(C)C(=O)N1CCCC1(C)C(=O)O. The summed E-state index contributed by atoms with van der Waals surface area (Å²) in [5.41, 5.74) is -1.05. The summed E-state index contributed by atoms with van der Waals surface area (Å²) in [6, 6.07) is -0.206. The fourth-order valence-electron chi connectivity index (χ4n) is 2.07. The van der Waals surface area contributed by atoms with E-state index in [1.807, 2.05) is 7.05 Å². The molecule has 1 aliphatic heterocycles. The number of carbonyl (C=O) groups excluding carboxylic acids is 1. The van der Waals surface area contributed by atoms with Crippen LogP contribution >= 0.6 is 0 Å². The summed E-state index contributed by atoms with van der Waals surface area (Å²) in [7, 11) is 3.51. The Morgan fingerprint density at radius 2 is 2.18 bits per heavy atom. The molecule has 1 rings (SSSR count).